The lowest BCUT2D eigenvalue weighted by atomic mass is 10.1. The van der Waals surface area contributed by atoms with Gasteiger partial charge >= 0.3 is 5.97 Å². The first-order valence-electron chi connectivity index (χ1n) is 9.73. The van der Waals surface area contributed by atoms with E-state index in [0.29, 0.717) is 12.2 Å². The molecule has 156 valence electrons. The van der Waals surface area contributed by atoms with Gasteiger partial charge in [-0.3, -0.25) is 4.79 Å². The van der Waals surface area contributed by atoms with Gasteiger partial charge < -0.3 is 10.1 Å². The molecule has 6 nitrogen and oxygen atoms in total. The Balaban J connectivity index is 1.66. The molecule has 1 amide bonds. The van der Waals surface area contributed by atoms with Gasteiger partial charge in [0.05, 0.1) is 12.2 Å². The van der Waals surface area contributed by atoms with E-state index in [1.807, 2.05) is 62.4 Å². The standard InChI is InChI=1S/C23H24ClN3O3/c1-4-18-12-8-9-15(2)21(18)25-19(28)14-30-23(29)20-16(3)26-27(22(20)24)13-17-10-6-5-7-11-17/h5-12H,4,13-14H2,1-3H3,(H,25,28). The third-order valence-corrected chi connectivity index (χ3v) is 5.17. The van der Waals surface area contributed by atoms with E-state index in [1.165, 1.54) is 0 Å². The van der Waals surface area contributed by atoms with Gasteiger partial charge in [0.15, 0.2) is 6.61 Å². The number of rotatable bonds is 7. The van der Waals surface area contributed by atoms with E-state index in [-0.39, 0.29) is 10.7 Å². The molecule has 3 aromatic rings. The number of carbonyl (C=O) groups is 2. The van der Waals surface area contributed by atoms with Crippen LogP contribution in [0, 0.1) is 13.8 Å². The molecule has 0 aliphatic carbocycles. The van der Waals surface area contributed by atoms with Crippen LogP contribution in [0.5, 0.6) is 0 Å². The van der Waals surface area contributed by atoms with Gasteiger partial charge in [-0.25, -0.2) is 9.48 Å². The van der Waals surface area contributed by atoms with Crippen molar-refractivity contribution in [2.24, 2.45) is 0 Å². The van der Waals surface area contributed by atoms with Crippen molar-refractivity contribution in [3.05, 3.63) is 81.6 Å². The number of ether oxygens (including phenoxy) is 1. The second-order valence-electron chi connectivity index (χ2n) is 6.98. The molecule has 7 heteroatoms. The predicted octanol–water partition coefficient (Wildman–Crippen LogP) is 4.56. The highest BCUT2D eigenvalue weighted by Crippen LogP contribution is 2.23. The van der Waals surface area contributed by atoms with Gasteiger partial charge in [0.1, 0.15) is 10.7 Å². The summed E-state index contributed by atoms with van der Waals surface area (Å²) in [5.41, 5.74) is 4.36. The summed E-state index contributed by atoms with van der Waals surface area (Å²) < 4.78 is 6.76. The topological polar surface area (TPSA) is 73.2 Å². The number of anilines is 1. The summed E-state index contributed by atoms with van der Waals surface area (Å²) in [5, 5.41) is 7.36. The molecule has 0 bridgehead atoms. The first kappa shape index (κ1) is 21.6. The van der Waals surface area contributed by atoms with E-state index in [1.54, 1.807) is 11.6 Å². The molecule has 0 unspecified atom stereocenters. The maximum Gasteiger partial charge on any atom is 0.343 e. The number of aromatic nitrogens is 2. The largest absolute Gasteiger partial charge is 0.452 e. The first-order valence-corrected chi connectivity index (χ1v) is 10.1. The van der Waals surface area contributed by atoms with Crippen LogP contribution >= 0.6 is 11.6 Å². The number of halogens is 1. The Morgan fingerprint density at radius 1 is 1.10 bits per heavy atom. The van der Waals surface area contributed by atoms with Crippen LogP contribution in [0.25, 0.3) is 0 Å². The van der Waals surface area contributed by atoms with Crippen molar-refractivity contribution >= 4 is 29.2 Å². The molecule has 30 heavy (non-hydrogen) atoms. The lowest BCUT2D eigenvalue weighted by Gasteiger charge is -2.13. The summed E-state index contributed by atoms with van der Waals surface area (Å²) in [6.45, 7) is 5.65. The molecule has 0 aliphatic heterocycles. The summed E-state index contributed by atoms with van der Waals surface area (Å²) in [4.78, 5) is 24.9. The molecule has 0 atom stereocenters. The Hall–Kier alpha value is -3.12. The highest BCUT2D eigenvalue weighted by Gasteiger charge is 2.22. The summed E-state index contributed by atoms with van der Waals surface area (Å²) in [6, 6.07) is 15.5. The number of benzene rings is 2. The second kappa shape index (κ2) is 9.59. The molecular formula is C23H24ClN3O3. The van der Waals surface area contributed by atoms with Crippen molar-refractivity contribution in [1.29, 1.82) is 0 Å². The molecule has 0 aliphatic rings. The Bertz CT molecular complexity index is 1060. The fraction of sp³-hybridized carbons (Fsp3) is 0.261. The minimum Gasteiger partial charge on any atom is -0.452 e. The molecule has 0 radical (unpaired) electrons. The van der Waals surface area contributed by atoms with E-state index in [0.717, 1.165) is 28.8 Å². The molecule has 1 heterocycles. The van der Waals surface area contributed by atoms with Crippen LogP contribution in [0.2, 0.25) is 5.15 Å². The molecular weight excluding hydrogens is 402 g/mol. The van der Waals surface area contributed by atoms with Gasteiger partial charge in [-0.05, 0) is 37.0 Å². The Labute approximate surface area is 180 Å². The molecule has 2 aromatic carbocycles. The summed E-state index contributed by atoms with van der Waals surface area (Å²) in [7, 11) is 0. The number of para-hydroxylation sites is 1. The van der Waals surface area contributed by atoms with E-state index in [2.05, 4.69) is 10.4 Å². The van der Waals surface area contributed by atoms with Crippen molar-refractivity contribution in [2.45, 2.75) is 33.7 Å². The van der Waals surface area contributed by atoms with Crippen LogP contribution in [-0.2, 0) is 22.5 Å². The van der Waals surface area contributed by atoms with Gasteiger partial charge in [-0.2, -0.15) is 5.10 Å². The average Bonchev–Trinajstić information content (AvgIpc) is 3.01. The number of hydrogen-bond donors (Lipinski definition) is 1. The van der Waals surface area contributed by atoms with E-state index < -0.39 is 18.5 Å². The molecule has 1 N–H and O–H groups in total. The molecule has 1 aromatic heterocycles. The quantitative estimate of drug-likeness (QED) is 0.563. The summed E-state index contributed by atoms with van der Waals surface area (Å²) in [6.07, 6.45) is 0.784. The number of esters is 1. The number of carbonyl (C=O) groups excluding carboxylic acids is 2. The normalized spacial score (nSPS) is 10.7. The number of nitrogens with one attached hydrogen (secondary N) is 1. The molecule has 3 rings (SSSR count). The monoisotopic (exact) mass is 425 g/mol. The maximum absolute atomic E-state index is 12.6. The van der Waals surface area contributed by atoms with Gasteiger partial charge in [-0.15, -0.1) is 0 Å². The molecule has 0 fully saturated rings. The average molecular weight is 426 g/mol. The number of amides is 1. The van der Waals surface area contributed by atoms with Crippen LogP contribution in [0.15, 0.2) is 48.5 Å². The lowest BCUT2D eigenvalue weighted by Crippen LogP contribution is -2.22. The fourth-order valence-corrected chi connectivity index (χ4v) is 3.54. The molecule has 0 saturated heterocycles. The van der Waals surface area contributed by atoms with Crippen LogP contribution in [-0.4, -0.2) is 28.3 Å². The van der Waals surface area contributed by atoms with Gasteiger partial charge in [0.2, 0.25) is 0 Å². The SMILES string of the molecule is CCc1cccc(C)c1NC(=O)COC(=O)c1c(C)nn(Cc2ccccc2)c1Cl. The molecule has 0 spiro atoms. The van der Waals surface area contributed by atoms with E-state index >= 15 is 0 Å². The zero-order chi connectivity index (χ0) is 21.7. The Morgan fingerprint density at radius 2 is 1.83 bits per heavy atom. The predicted molar refractivity (Wildman–Crippen MR) is 117 cm³/mol. The smallest absolute Gasteiger partial charge is 0.343 e. The minimum absolute atomic E-state index is 0.172. The number of aryl methyl sites for hydroxylation is 3. The van der Waals surface area contributed by atoms with Crippen LogP contribution < -0.4 is 5.32 Å². The van der Waals surface area contributed by atoms with Gasteiger partial charge in [-0.1, -0.05) is 67.1 Å². The van der Waals surface area contributed by atoms with Crippen molar-refractivity contribution < 1.29 is 14.3 Å². The maximum atomic E-state index is 12.6. The van der Waals surface area contributed by atoms with Crippen molar-refractivity contribution in [2.75, 3.05) is 11.9 Å². The fourth-order valence-electron chi connectivity index (χ4n) is 3.23. The number of nitrogens with zero attached hydrogens (tertiary/aromatic N) is 2. The summed E-state index contributed by atoms with van der Waals surface area (Å²) in [5.74, 6) is -1.08. The van der Waals surface area contributed by atoms with Crippen LogP contribution in [0.4, 0.5) is 5.69 Å². The Morgan fingerprint density at radius 3 is 2.53 bits per heavy atom. The zero-order valence-electron chi connectivity index (χ0n) is 17.2. The van der Waals surface area contributed by atoms with E-state index in [9.17, 15) is 9.59 Å². The third kappa shape index (κ3) is 4.89. The second-order valence-corrected chi connectivity index (χ2v) is 7.34. The van der Waals surface area contributed by atoms with Crippen LogP contribution in [0.1, 0.15) is 39.7 Å². The third-order valence-electron chi connectivity index (χ3n) is 4.78. The highest BCUT2D eigenvalue weighted by atomic mass is 35.5. The van der Waals surface area contributed by atoms with Crippen molar-refractivity contribution in [3.8, 4) is 0 Å². The van der Waals surface area contributed by atoms with Crippen LogP contribution in [0.3, 0.4) is 0 Å². The Kier molecular flexibility index (Phi) is 6.90. The lowest BCUT2D eigenvalue weighted by molar-refractivity contribution is -0.119. The van der Waals surface area contributed by atoms with Gasteiger partial charge in [0.25, 0.3) is 5.91 Å². The van der Waals surface area contributed by atoms with Crippen molar-refractivity contribution in [3.63, 3.8) is 0 Å². The zero-order valence-corrected chi connectivity index (χ0v) is 18.0. The van der Waals surface area contributed by atoms with Crippen molar-refractivity contribution in [1.82, 2.24) is 9.78 Å². The molecule has 0 saturated carbocycles. The first-order chi connectivity index (χ1) is 14.4. The summed E-state index contributed by atoms with van der Waals surface area (Å²) >= 11 is 6.38. The number of hydrogen-bond acceptors (Lipinski definition) is 4. The highest BCUT2D eigenvalue weighted by molar-refractivity contribution is 6.32. The minimum atomic E-state index is -0.674. The van der Waals surface area contributed by atoms with Gasteiger partial charge in [0, 0.05) is 5.69 Å². The van der Waals surface area contributed by atoms with E-state index in [4.69, 9.17) is 16.3 Å².